The van der Waals surface area contributed by atoms with Crippen molar-refractivity contribution < 1.29 is 18.4 Å². The van der Waals surface area contributed by atoms with Gasteiger partial charge < -0.3 is 20.9 Å². The number of hydrogen-bond donors (Lipinski definition) is 3. The summed E-state index contributed by atoms with van der Waals surface area (Å²) in [6, 6.07) is 12.2. The van der Waals surface area contributed by atoms with Crippen LogP contribution in [0, 0.1) is 23.5 Å². The Morgan fingerprint density at radius 3 is 2.31 bits per heavy atom. The first-order chi connectivity index (χ1) is 18.7. The molecule has 2 heterocycles. The molecule has 2 fully saturated rings. The van der Waals surface area contributed by atoms with E-state index in [0.717, 1.165) is 57.4 Å². The average molecular weight is 542 g/mol. The van der Waals surface area contributed by atoms with Crippen molar-refractivity contribution in [2.75, 3.05) is 44.6 Å². The van der Waals surface area contributed by atoms with Crippen LogP contribution < -0.4 is 16.0 Å². The van der Waals surface area contributed by atoms with Gasteiger partial charge in [-0.05, 0) is 94.0 Å². The minimum Gasteiger partial charge on any atom is -0.353 e. The number of urea groups is 1. The number of halogens is 2. The average Bonchev–Trinajstić information content (AvgIpc) is 2.88. The molecule has 0 aliphatic carbocycles. The van der Waals surface area contributed by atoms with Crippen molar-refractivity contribution >= 4 is 17.6 Å². The van der Waals surface area contributed by atoms with E-state index in [1.54, 1.807) is 0 Å². The molecule has 3 N–H and O–H groups in total. The Kier molecular flexibility index (Phi) is 10.3. The van der Waals surface area contributed by atoms with Crippen LogP contribution in [0.1, 0.15) is 38.7 Å². The minimum atomic E-state index is -0.353. The molecule has 2 saturated heterocycles. The number of anilines is 1. The zero-order valence-electron chi connectivity index (χ0n) is 23.0. The maximum Gasteiger partial charge on any atom is 0.319 e. The van der Waals surface area contributed by atoms with E-state index in [1.165, 1.54) is 36.4 Å². The molecule has 39 heavy (non-hydrogen) atoms. The fourth-order valence-corrected chi connectivity index (χ4v) is 5.83. The van der Waals surface area contributed by atoms with E-state index in [1.807, 2.05) is 26.0 Å². The molecule has 3 amide bonds. The van der Waals surface area contributed by atoms with E-state index in [4.69, 9.17) is 0 Å². The summed E-state index contributed by atoms with van der Waals surface area (Å²) in [5.41, 5.74) is 1.69. The monoisotopic (exact) mass is 541 g/mol. The van der Waals surface area contributed by atoms with Crippen LogP contribution in [-0.4, -0.2) is 73.1 Å². The zero-order chi connectivity index (χ0) is 27.8. The summed E-state index contributed by atoms with van der Waals surface area (Å²) in [4.78, 5) is 29.9. The molecular weight excluding hydrogens is 500 g/mol. The Bertz CT molecular complexity index is 1080. The summed E-state index contributed by atoms with van der Waals surface area (Å²) < 4.78 is 26.6. The summed E-state index contributed by atoms with van der Waals surface area (Å²) in [7, 11) is 0. The molecule has 1 unspecified atom stereocenters. The van der Waals surface area contributed by atoms with Crippen LogP contribution in [-0.2, 0) is 11.2 Å². The van der Waals surface area contributed by atoms with Gasteiger partial charge in [-0.2, -0.15) is 0 Å². The smallest absolute Gasteiger partial charge is 0.319 e. The fourth-order valence-electron chi connectivity index (χ4n) is 5.83. The van der Waals surface area contributed by atoms with E-state index in [2.05, 4.69) is 25.8 Å². The molecular formula is C30H41F2N5O2. The Morgan fingerprint density at radius 1 is 0.923 bits per heavy atom. The van der Waals surface area contributed by atoms with E-state index in [9.17, 15) is 18.4 Å². The summed E-state index contributed by atoms with van der Waals surface area (Å²) in [5, 5.41) is 8.93. The fraction of sp³-hybridized carbons (Fsp3) is 0.533. The first-order valence-corrected chi connectivity index (χ1v) is 14.0. The Morgan fingerprint density at radius 2 is 1.62 bits per heavy atom. The SMILES string of the molecule is CC(C)NC(=O)CN1CC[C@@H](NC(=O)Nc2ccc(F)cc2)[C@H](CN2CCCC(Cc3ccc(F)cc3)C2)C1. The van der Waals surface area contributed by atoms with Crippen molar-refractivity contribution in [3.63, 3.8) is 0 Å². The topological polar surface area (TPSA) is 76.7 Å². The van der Waals surface area contributed by atoms with Crippen molar-refractivity contribution in [1.82, 2.24) is 20.4 Å². The van der Waals surface area contributed by atoms with Crippen molar-refractivity contribution in [1.29, 1.82) is 0 Å². The summed E-state index contributed by atoms with van der Waals surface area (Å²) >= 11 is 0. The molecule has 4 rings (SSSR count). The number of nitrogens with zero attached hydrogens (tertiary/aromatic N) is 2. The number of amides is 3. The van der Waals surface area contributed by atoms with Gasteiger partial charge in [0.25, 0.3) is 0 Å². The number of piperidine rings is 2. The van der Waals surface area contributed by atoms with E-state index in [0.29, 0.717) is 24.7 Å². The van der Waals surface area contributed by atoms with Crippen LogP contribution in [0.15, 0.2) is 48.5 Å². The predicted octanol–water partition coefficient (Wildman–Crippen LogP) is 4.26. The Hall–Kier alpha value is -3.04. The highest BCUT2D eigenvalue weighted by atomic mass is 19.1. The normalized spacial score (nSPS) is 22.4. The number of benzene rings is 2. The number of likely N-dealkylation sites (tertiary alicyclic amines) is 2. The minimum absolute atomic E-state index is 0.0153. The van der Waals surface area contributed by atoms with Crippen LogP contribution >= 0.6 is 0 Å². The second kappa shape index (κ2) is 13.8. The molecule has 3 atom stereocenters. The molecule has 2 aliphatic rings. The zero-order valence-corrected chi connectivity index (χ0v) is 23.0. The molecule has 7 nitrogen and oxygen atoms in total. The molecule has 212 valence electrons. The van der Waals surface area contributed by atoms with Crippen molar-refractivity contribution in [2.24, 2.45) is 11.8 Å². The lowest BCUT2D eigenvalue weighted by Crippen LogP contribution is -2.56. The van der Waals surface area contributed by atoms with Crippen LogP contribution in [0.5, 0.6) is 0 Å². The third-order valence-electron chi connectivity index (χ3n) is 7.59. The van der Waals surface area contributed by atoms with Gasteiger partial charge in [-0.15, -0.1) is 0 Å². The van der Waals surface area contributed by atoms with Crippen LogP contribution in [0.4, 0.5) is 19.3 Å². The lowest BCUT2D eigenvalue weighted by atomic mass is 9.88. The summed E-state index contributed by atoms with van der Waals surface area (Å²) in [6.07, 6.45) is 3.90. The second-order valence-corrected chi connectivity index (χ2v) is 11.3. The maximum absolute atomic E-state index is 13.3. The van der Waals surface area contributed by atoms with Crippen LogP contribution in [0.3, 0.4) is 0 Å². The molecule has 9 heteroatoms. The van der Waals surface area contributed by atoms with Crippen LogP contribution in [0.2, 0.25) is 0 Å². The molecule has 2 aliphatic heterocycles. The van der Waals surface area contributed by atoms with Gasteiger partial charge in [0.1, 0.15) is 11.6 Å². The van der Waals surface area contributed by atoms with Gasteiger partial charge in [-0.1, -0.05) is 12.1 Å². The third kappa shape index (κ3) is 9.28. The molecule has 0 saturated carbocycles. The Labute approximate surface area is 230 Å². The number of nitrogens with one attached hydrogen (secondary N) is 3. The highest BCUT2D eigenvalue weighted by molar-refractivity contribution is 5.89. The van der Waals surface area contributed by atoms with Gasteiger partial charge in [0.05, 0.1) is 6.54 Å². The number of carbonyl (C=O) groups is 2. The highest BCUT2D eigenvalue weighted by Gasteiger charge is 2.33. The summed E-state index contributed by atoms with van der Waals surface area (Å²) in [6.45, 7) is 8.46. The van der Waals surface area contributed by atoms with Crippen molar-refractivity contribution in [2.45, 2.75) is 51.6 Å². The van der Waals surface area contributed by atoms with Gasteiger partial charge in [0, 0.05) is 49.9 Å². The lowest BCUT2D eigenvalue weighted by Gasteiger charge is -2.42. The van der Waals surface area contributed by atoms with Crippen LogP contribution in [0.25, 0.3) is 0 Å². The van der Waals surface area contributed by atoms with Crippen molar-refractivity contribution in [3.8, 4) is 0 Å². The molecule has 0 bridgehead atoms. The predicted molar refractivity (Wildman–Crippen MR) is 149 cm³/mol. The highest BCUT2D eigenvalue weighted by Crippen LogP contribution is 2.25. The quantitative estimate of drug-likeness (QED) is 0.444. The standard InChI is InChI=1S/C30H41F2N5O2/c1-21(2)33-29(38)20-37-15-13-28(35-30(39)34-27-11-9-26(32)10-12-27)24(19-37)18-36-14-3-4-23(17-36)16-22-5-7-25(31)8-6-22/h5-12,21,23-24,28H,3-4,13-20H2,1-2H3,(H,33,38)(H2,34,35,39)/t23?,24-,28-/m1/s1. The second-order valence-electron chi connectivity index (χ2n) is 11.3. The first-order valence-electron chi connectivity index (χ1n) is 14.0. The Balaban J connectivity index is 1.38. The third-order valence-corrected chi connectivity index (χ3v) is 7.59. The summed E-state index contributed by atoms with van der Waals surface area (Å²) in [5.74, 6) is 0.0914. The number of hydrogen-bond acceptors (Lipinski definition) is 4. The number of rotatable bonds is 9. The van der Waals surface area contributed by atoms with Gasteiger partial charge in [-0.25, -0.2) is 13.6 Å². The van der Waals surface area contributed by atoms with Crippen molar-refractivity contribution in [3.05, 3.63) is 65.7 Å². The van der Waals surface area contributed by atoms with E-state index in [-0.39, 0.29) is 41.6 Å². The maximum atomic E-state index is 13.3. The van der Waals surface area contributed by atoms with E-state index < -0.39 is 0 Å². The van der Waals surface area contributed by atoms with Gasteiger partial charge in [0.15, 0.2) is 0 Å². The molecule has 2 aromatic carbocycles. The lowest BCUT2D eigenvalue weighted by molar-refractivity contribution is -0.123. The molecule has 0 aromatic heterocycles. The molecule has 0 spiro atoms. The largest absolute Gasteiger partial charge is 0.353 e. The molecule has 0 radical (unpaired) electrons. The number of carbonyl (C=O) groups excluding carboxylic acids is 2. The van der Waals surface area contributed by atoms with Gasteiger partial charge in [0.2, 0.25) is 5.91 Å². The first kappa shape index (κ1) is 29.0. The molecule has 2 aromatic rings. The van der Waals surface area contributed by atoms with E-state index >= 15 is 0 Å². The van der Waals surface area contributed by atoms with Gasteiger partial charge in [-0.3, -0.25) is 9.69 Å². The van der Waals surface area contributed by atoms with Gasteiger partial charge >= 0.3 is 6.03 Å².